The zero-order chi connectivity index (χ0) is 13.7. The summed E-state index contributed by atoms with van der Waals surface area (Å²) in [6, 6.07) is 7.08. The van der Waals surface area contributed by atoms with E-state index in [9.17, 15) is 4.79 Å². The molecule has 0 radical (unpaired) electrons. The van der Waals surface area contributed by atoms with Gasteiger partial charge in [0.15, 0.2) is 0 Å². The molecule has 1 amide bonds. The number of carbonyl (C=O) groups is 1. The van der Waals surface area contributed by atoms with Crippen molar-refractivity contribution < 1.29 is 4.79 Å². The second kappa shape index (κ2) is 4.32. The number of piperidine rings is 1. The van der Waals surface area contributed by atoms with Gasteiger partial charge in [-0.3, -0.25) is 4.79 Å². The number of nitrogens with one attached hydrogen (secondary N) is 2. The van der Waals surface area contributed by atoms with E-state index in [2.05, 4.69) is 35.8 Å². The van der Waals surface area contributed by atoms with E-state index in [1.807, 2.05) is 0 Å². The van der Waals surface area contributed by atoms with Gasteiger partial charge < -0.3 is 10.6 Å². The van der Waals surface area contributed by atoms with E-state index in [1.165, 1.54) is 24.0 Å². The third kappa shape index (κ3) is 1.96. The summed E-state index contributed by atoms with van der Waals surface area (Å²) < 4.78 is 0. The topological polar surface area (TPSA) is 41.1 Å². The molecule has 3 heteroatoms. The average Bonchev–Trinajstić information content (AvgIpc) is 3.21. The van der Waals surface area contributed by atoms with Gasteiger partial charge in [0.2, 0.25) is 5.91 Å². The minimum atomic E-state index is -0.0554. The fourth-order valence-electron chi connectivity index (χ4n) is 3.64. The van der Waals surface area contributed by atoms with Crippen LogP contribution in [0.25, 0.3) is 0 Å². The highest BCUT2D eigenvalue weighted by molar-refractivity contribution is 6.00. The van der Waals surface area contributed by atoms with E-state index < -0.39 is 0 Å². The molecule has 1 saturated heterocycles. The van der Waals surface area contributed by atoms with Crippen LogP contribution >= 0.6 is 0 Å². The first-order valence-corrected chi connectivity index (χ1v) is 7.84. The van der Waals surface area contributed by atoms with Crippen LogP contribution in [0.4, 0.5) is 5.69 Å². The lowest BCUT2D eigenvalue weighted by atomic mass is 9.86. The van der Waals surface area contributed by atoms with Crippen molar-refractivity contribution in [2.45, 2.75) is 45.1 Å². The minimum Gasteiger partial charge on any atom is -0.325 e. The monoisotopic (exact) mass is 270 g/mol. The van der Waals surface area contributed by atoms with E-state index in [0.29, 0.717) is 6.04 Å². The summed E-state index contributed by atoms with van der Waals surface area (Å²) in [5.74, 6) is 1.03. The molecule has 4 rings (SSSR count). The van der Waals surface area contributed by atoms with Gasteiger partial charge in [-0.15, -0.1) is 0 Å². The Labute approximate surface area is 120 Å². The van der Waals surface area contributed by atoms with Gasteiger partial charge in [-0.05, 0) is 61.8 Å². The van der Waals surface area contributed by atoms with Crippen LogP contribution in [0.1, 0.15) is 49.8 Å². The average molecular weight is 270 g/mol. The molecule has 1 unspecified atom stereocenters. The molecular formula is C17H22N2O. The van der Waals surface area contributed by atoms with Gasteiger partial charge in [-0.1, -0.05) is 19.1 Å². The molecule has 2 fully saturated rings. The highest BCUT2D eigenvalue weighted by atomic mass is 16.2. The van der Waals surface area contributed by atoms with E-state index in [0.717, 1.165) is 37.4 Å². The summed E-state index contributed by atoms with van der Waals surface area (Å²) in [5, 5.41) is 6.74. The van der Waals surface area contributed by atoms with Gasteiger partial charge >= 0.3 is 0 Å². The summed E-state index contributed by atoms with van der Waals surface area (Å²) >= 11 is 0. The Morgan fingerprint density at radius 1 is 1.25 bits per heavy atom. The summed E-state index contributed by atoms with van der Waals surface area (Å²) in [6.07, 6.45) is 5.57. The Morgan fingerprint density at radius 2 is 2.10 bits per heavy atom. The summed E-state index contributed by atoms with van der Waals surface area (Å²) in [7, 11) is 0. The first kappa shape index (κ1) is 12.4. The normalized spacial score (nSPS) is 30.8. The molecule has 2 aliphatic heterocycles. The van der Waals surface area contributed by atoms with Crippen LogP contribution in [0.5, 0.6) is 0 Å². The first-order chi connectivity index (χ1) is 9.66. The summed E-state index contributed by atoms with van der Waals surface area (Å²) in [6.45, 7) is 3.42. The van der Waals surface area contributed by atoms with E-state index in [-0.39, 0.29) is 11.3 Å². The van der Waals surface area contributed by atoms with Gasteiger partial charge in [0, 0.05) is 11.7 Å². The van der Waals surface area contributed by atoms with Gasteiger partial charge in [0.25, 0.3) is 0 Å². The number of carbonyl (C=O) groups excluding carboxylic acids is 1. The van der Waals surface area contributed by atoms with Crippen molar-refractivity contribution in [2.75, 3.05) is 11.9 Å². The fraction of sp³-hybridized carbons (Fsp3) is 0.588. The molecule has 1 aliphatic carbocycles. The van der Waals surface area contributed by atoms with Crippen molar-refractivity contribution in [1.29, 1.82) is 0 Å². The molecule has 2 atom stereocenters. The molecule has 2 heterocycles. The van der Waals surface area contributed by atoms with Crippen LogP contribution in [0.15, 0.2) is 18.2 Å². The fourth-order valence-corrected chi connectivity index (χ4v) is 3.64. The first-order valence-electron chi connectivity index (χ1n) is 7.84. The maximum atomic E-state index is 12.0. The molecule has 1 saturated carbocycles. The van der Waals surface area contributed by atoms with Crippen molar-refractivity contribution in [3.63, 3.8) is 0 Å². The molecule has 2 N–H and O–H groups in total. The van der Waals surface area contributed by atoms with Crippen molar-refractivity contribution in [3.05, 3.63) is 29.3 Å². The molecule has 106 valence electrons. The Morgan fingerprint density at radius 3 is 2.80 bits per heavy atom. The van der Waals surface area contributed by atoms with Gasteiger partial charge in [-0.25, -0.2) is 0 Å². The standard InChI is InChI=1S/C17H22N2O/c1-11-2-4-14(18-10-11)12-3-5-15-13(8-12)9-17(6-7-17)16(20)19-15/h3,5,8,11,14,18H,2,4,6-7,9-10H2,1H3,(H,19,20)/t11-,14?/m0/s1. The molecule has 1 aromatic rings. The predicted octanol–water partition coefficient (Wildman–Crippen LogP) is 3.02. The molecular weight excluding hydrogens is 248 g/mol. The zero-order valence-electron chi connectivity index (χ0n) is 12.0. The van der Waals surface area contributed by atoms with Crippen LogP contribution < -0.4 is 10.6 Å². The third-order valence-corrected chi connectivity index (χ3v) is 5.30. The second-order valence-electron chi connectivity index (χ2n) is 6.97. The summed E-state index contributed by atoms with van der Waals surface area (Å²) in [5.41, 5.74) is 3.70. The van der Waals surface area contributed by atoms with Crippen molar-refractivity contribution in [2.24, 2.45) is 11.3 Å². The molecule has 1 spiro atoms. The smallest absolute Gasteiger partial charge is 0.230 e. The van der Waals surface area contributed by atoms with Crippen molar-refractivity contribution in [3.8, 4) is 0 Å². The largest absolute Gasteiger partial charge is 0.325 e. The highest BCUT2D eigenvalue weighted by Crippen LogP contribution is 2.52. The molecule has 1 aromatic carbocycles. The van der Waals surface area contributed by atoms with Crippen LogP contribution in [0.2, 0.25) is 0 Å². The molecule has 0 aromatic heterocycles. The quantitative estimate of drug-likeness (QED) is 0.823. The number of benzene rings is 1. The lowest BCUT2D eigenvalue weighted by molar-refractivity contribution is -0.121. The van der Waals surface area contributed by atoms with E-state index in [4.69, 9.17) is 0 Å². The van der Waals surface area contributed by atoms with E-state index in [1.54, 1.807) is 0 Å². The SMILES string of the molecule is C[C@H]1CCC(c2ccc3c(c2)CC2(CC2)C(=O)N3)NC1. The van der Waals surface area contributed by atoms with Crippen molar-refractivity contribution in [1.82, 2.24) is 5.32 Å². The second-order valence-corrected chi connectivity index (χ2v) is 6.97. The van der Waals surface area contributed by atoms with Gasteiger partial charge in [0.1, 0.15) is 0 Å². The molecule has 0 bridgehead atoms. The molecule has 20 heavy (non-hydrogen) atoms. The summed E-state index contributed by atoms with van der Waals surface area (Å²) in [4.78, 5) is 12.0. The number of hydrogen-bond donors (Lipinski definition) is 2. The Kier molecular flexibility index (Phi) is 2.68. The number of anilines is 1. The zero-order valence-corrected chi connectivity index (χ0v) is 12.0. The van der Waals surface area contributed by atoms with Crippen molar-refractivity contribution >= 4 is 11.6 Å². The Balaban J connectivity index is 1.60. The minimum absolute atomic E-state index is 0.0554. The predicted molar refractivity (Wildman–Crippen MR) is 79.6 cm³/mol. The maximum absolute atomic E-state index is 12.0. The number of rotatable bonds is 1. The lowest BCUT2D eigenvalue weighted by Crippen LogP contribution is -2.33. The lowest BCUT2D eigenvalue weighted by Gasteiger charge is -2.30. The Hall–Kier alpha value is -1.35. The number of hydrogen-bond acceptors (Lipinski definition) is 2. The highest BCUT2D eigenvalue weighted by Gasteiger charge is 2.52. The Bertz CT molecular complexity index is 554. The number of fused-ring (bicyclic) bond motifs is 1. The van der Waals surface area contributed by atoms with Crippen LogP contribution in [0.3, 0.4) is 0 Å². The van der Waals surface area contributed by atoms with Crippen LogP contribution in [-0.2, 0) is 11.2 Å². The number of amides is 1. The maximum Gasteiger partial charge on any atom is 0.230 e. The van der Waals surface area contributed by atoms with Crippen LogP contribution in [0, 0.1) is 11.3 Å². The third-order valence-electron chi connectivity index (χ3n) is 5.30. The van der Waals surface area contributed by atoms with Gasteiger partial charge in [0.05, 0.1) is 5.41 Å². The van der Waals surface area contributed by atoms with Gasteiger partial charge in [-0.2, -0.15) is 0 Å². The van der Waals surface area contributed by atoms with Crippen LogP contribution in [-0.4, -0.2) is 12.5 Å². The molecule has 3 nitrogen and oxygen atoms in total. The molecule has 3 aliphatic rings. The van der Waals surface area contributed by atoms with E-state index >= 15 is 0 Å².